The molecule has 1 heterocycles. The lowest BCUT2D eigenvalue weighted by atomic mass is 10.1. The number of para-hydroxylation sites is 2. The Hall–Kier alpha value is -3.08. The van der Waals surface area contributed by atoms with Crippen molar-refractivity contribution in [1.29, 1.82) is 0 Å². The smallest absolute Gasteiger partial charge is 0.265 e. The topological polar surface area (TPSA) is 63.1 Å². The third-order valence-corrected chi connectivity index (χ3v) is 4.39. The number of hydrogen-bond donors (Lipinski definition) is 2. The molecule has 5 nitrogen and oxygen atoms in total. The molecule has 0 atom stereocenters. The van der Waals surface area contributed by atoms with Crippen LogP contribution in [0.25, 0.3) is 10.9 Å². The highest BCUT2D eigenvalue weighted by Gasteiger charge is 2.21. The van der Waals surface area contributed by atoms with Gasteiger partial charge in [0.25, 0.3) is 11.5 Å². The molecule has 0 aliphatic rings. The Morgan fingerprint density at radius 1 is 1.04 bits per heavy atom. The van der Waals surface area contributed by atoms with Crippen LogP contribution >= 0.6 is 0 Å². The van der Waals surface area contributed by atoms with Gasteiger partial charge in [0.05, 0.1) is 11.2 Å². The van der Waals surface area contributed by atoms with Crippen LogP contribution in [0.4, 0.5) is 11.4 Å². The molecule has 0 radical (unpaired) electrons. The Morgan fingerprint density at radius 2 is 1.73 bits per heavy atom. The summed E-state index contributed by atoms with van der Waals surface area (Å²) in [4.78, 5) is 25.8. The number of hydrogen-bond acceptors (Lipinski definition) is 3. The van der Waals surface area contributed by atoms with E-state index in [4.69, 9.17) is 0 Å². The van der Waals surface area contributed by atoms with Gasteiger partial charge in [0.2, 0.25) is 0 Å². The molecule has 5 heteroatoms. The van der Waals surface area contributed by atoms with Gasteiger partial charge in [-0.05, 0) is 24.6 Å². The van der Waals surface area contributed by atoms with Gasteiger partial charge in [-0.2, -0.15) is 0 Å². The van der Waals surface area contributed by atoms with E-state index in [9.17, 15) is 9.59 Å². The normalized spacial score (nSPS) is 10.7. The first-order valence-electron chi connectivity index (χ1n) is 8.85. The van der Waals surface area contributed by atoms with Crippen LogP contribution in [0.15, 0.2) is 59.4 Å². The van der Waals surface area contributed by atoms with Gasteiger partial charge >= 0.3 is 0 Å². The van der Waals surface area contributed by atoms with Gasteiger partial charge in [-0.1, -0.05) is 49.7 Å². The van der Waals surface area contributed by atoms with Crippen LogP contribution in [-0.2, 0) is 7.05 Å². The van der Waals surface area contributed by atoms with Crippen LogP contribution in [0.5, 0.6) is 0 Å². The highest BCUT2D eigenvalue weighted by Crippen LogP contribution is 2.25. The molecule has 0 unspecified atom stereocenters. The summed E-state index contributed by atoms with van der Waals surface area (Å²) in [6.45, 7) is 2.81. The van der Waals surface area contributed by atoms with Gasteiger partial charge in [0.15, 0.2) is 0 Å². The molecule has 0 aliphatic heterocycles. The number of nitrogens with zero attached hydrogens (tertiary/aromatic N) is 1. The predicted octanol–water partition coefficient (Wildman–Crippen LogP) is 4.00. The lowest BCUT2D eigenvalue weighted by Crippen LogP contribution is -2.30. The Morgan fingerprint density at radius 3 is 2.46 bits per heavy atom. The molecule has 0 fully saturated rings. The molecule has 3 rings (SSSR count). The molecule has 3 aromatic rings. The molecule has 1 aromatic heterocycles. The van der Waals surface area contributed by atoms with E-state index < -0.39 is 5.91 Å². The highest BCUT2D eigenvalue weighted by atomic mass is 16.2. The van der Waals surface area contributed by atoms with Crippen molar-refractivity contribution in [2.45, 2.75) is 19.8 Å². The lowest BCUT2D eigenvalue weighted by Gasteiger charge is -2.17. The third kappa shape index (κ3) is 3.47. The summed E-state index contributed by atoms with van der Waals surface area (Å²) in [7, 11) is 1.69. The largest absolute Gasteiger partial charge is 0.384 e. The minimum atomic E-state index is -0.401. The van der Waals surface area contributed by atoms with Crippen LogP contribution in [0.3, 0.4) is 0 Å². The number of fused-ring (bicyclic) bond motifs is 1. The summed E-state index contributed by atoms with van der Waals surface area (Å²) >= 11 is 0. The number of unbranched alkanes of at least 4 members (excludes halogenated alkanes) is 1. The van der Waals surface area contributed by atoms with Gasteiger partial charge in [-0.3, -0.25) is 9.59 Å². The summed E-state index contributed by atoms with van der Waals surface area (Å²) in [6.07, 6.45) is 1.99. The SMILES string of the molecule is CCCCNc1c(C(=O)Nc2ccccc2)c(=O)n(C)c2ccccc12. The first kappa shape index (κ1) is 17.7. The molecule has 0 saturated carbocycles. The van der Waals surface area contributed by atoms with E-state index in [1.165, 1.54) is 4.57 Å². The van der Waals surface area contributed by atoms with E-state index in [0.29, 0.717) is 17.9 Å². The van der Waals surface area contributed by atoms with E-state index in [-0.39, 0.29) is 11.1 Å². The van der Waals surface area contributed by atoms with Crippen LogP contribution in [-0.4, -0.2) is 17.0 Å². The van der Waals surface area contributed by atoms with Crippen LogP contribution in [0, 0.1) is 0 Å². The maximum absolute atomic E-state index is 12.9. The second kappa shape index (κ2) is 7.87. The van der Waals surface area contributed by atoms with Gasteiger partial charge in [0.1, 0.15) is 5.56 Å². The number of pyridine rings is 1. The van der Waals surface area contributed by atoms with E-state index in [1.54, 1.807) is 19.2 Å². The molecular formula is C21H23N3O2. The summed E-state index contributed by atoms with van der Waals surface area (Å²) in [5.41, 5.74) is 1.90. The van der Waals surface area contributed by atoms with E-state index >= 15 is 0 Å². The van der Waals surface area contributed by atoms with Crippen molar-refractivity contribution in [2.24, 2.45) is 7.05 Å². The zero-order valence-corrected chi connectivity index (χ0v) is 15.1. The van der Waals surface area contributed by atoms with Crippen LogP contribution < -0.4 is 16.2 Å². The molecule has 2 N–H and O–H groups in total. The van der Waals surface area contributed by atoms with Crippen molar-refractivity contribution in [1.82, 2.24) is 4.57 Å². The molecule has 2 aromatic carbocycles. The molecule has 0 bridgehead atoms. The minimum Gasteiger partial charge on any atom is -0.384 e. The molecule has 0 saturated heterocycles. The molecule has 26 heavy (non-hydrogen) atoms. The number of aromatic nitrogens is 1. The van der Waals surface area contributed by atoms with Crippen molar-refractivity contribution >= 4 is 28.2 Å². The van der Waals surface area contributed by atoms with Gasteiger partial charge in [-0.15, -0.1) is 0 Å². The van der Waals surface area contributed by atoms with Crippen LogP contribution in [0.2, 0.25) is 0 Å². The second-order valence-corrected chi connectivity index (χ2v) is 6.23. The predicted molar refractivity (Wildman–Crippen MR) is 107 cm³/mol. The van der Waals surface area contributed by atoms with Gasteiger partial charge < -0.3 is 15.2 Å². The van der Waals surface area contributed by atoms with Crippen LogP contribution in [0.1, 0.15) is 30.1 Å². The Bertz CT molecular complexity index is 978. The first-order valence-corrected chi connectivity index (χ1v) is 8.85. The Balaban J connectivity index is 2.12. The average molecular weight is 349 g/mol. The van der Waals surface area contributed by atoms with Crippen molar-refractivity contribution in [2.75, 3.05) is 17.2 Å². The Labute approximate surface area is 152 Å². The number of aryl methyl sites for hydroxylation is 1. The van der Waals surface area contributed by atoms with E-state index in [1.807, 2.05) is 42.5 Å². The number of benzene rings is 2. The summed E-state index contributed by atoms with van der Waals surface area (Å²) in [6, 6.07) is 16.8. The third-order valence-electron chi connectivity index (χ3n) is 4.39. The highest BCUT2D eigenvalue weighted by molar-refractivity contribution is 6.12. The van der Waals surface area contributed by atoms with E-state index in [2.05, 4.69) is 17.6 Å². The van der Waals surface area contributed by atoms with Crippen molar-refractivity contribution in [3.8, 4) is 0 Å². The quantitative estimate of drug-likeness (QED) is 0.661. The molecule has 134 valence electrons. The zero-order valence-electron chi connectivity index (χ0n) is 15.1. The first-order chi connectivity index (χ1) is 12.6. The number of rotatable bonds is 6. The molecule has 1 amide bonds. The van der Waals surface area contributed by atoms with Crippen molar-refractivity contribution < 1.29 is 4.79 Å². The monoisotopic (exact) mass is 349 g/mol. The lowest BCUT2D eigenvalue weighted by molar-refractivity contribution is 0.102. The van der Waals surface area contributed by atoms with Crippen molar-refractivity contribution in [3.05, 3.63) is 70.5 Å². The summed E-state index contributed by atoms with van der Waals surface area (Å²) in [5.74, 6) is -0.401. The summed E-state index contributed by atoms with van der Waals surface area (Å²) < 4.78 is 1.53. The maximum Gasteiger partial charge on any atom is 0.265 e. The number of carbonyl (C=O) groups excluding carboxylic acids is 1. The molecular weight excluding hydrogens is 326 g/mol. The second-order valence-electron chi connectivity index (χ2n) is 6.23. The van der Waals surface area contributed by atoms with Gasteiger partial charge in [-0.25, -0.2) is 0 Å². The van der Waals surface area contributed by atoms with E-state index in [0.717, 1.165) is 23.7 Å². The fourth-order valence-electron chi connectivity index (χ4n) is 3.00. The standard InChI is InChI=1S/C21H23N3O2/c1-3-4-14-22-19-16-12-8-9-13-17(16)24(2)21(26)18(19)20(25)23-15-10-6-5-7-11-15/h5-13,22H,3-4,14H2,1-2H3,(H,23,25). The fraction of sp³-hybridized carbons (Fsp3) is 0.238. The number of amides is 1. The fourth-order valence-corrected chi connectivity index (χ4v) is 3.00. The minimum absolute atomic E-state index is 0.145. The molecule has 0 spiro atoms. The number of nitrogens with one attached hydrogen (secondary N) is 2. The number of carbonyl (C=O) groups is 1. The average Bonchev–Trinajstić information content (AvgIpc) is 2.66. The Kier molecular flexibility index (Phi) is 5.37. The summed E-state index contributed by atoms with van der Waals surface area (Å²) in [5, 5.41) is 7.01. The maximum atomic E-state index is 12.9. The van der Waals surface area contributed by atoms with Crippen molar-refractivity contribution in [3.63, 3.8) is 0 Å². The molecule has 0 aliphatic carbocycles. The van der Waals surface area contributed by atoms with Gasteiger partial charge in [0, 0.05) is 24.7 Å². The number of anilines is 2. The zero-order chi connectivity index (χ0) is 18.5.